The number of rotatable bonds is 5. The van der Waals surface area contributed by atoms with Crippen LogP contribution >= 0.6 is 34.8 Å². The molecular formula is C17H17Cl3O. The summed E-state index contributed by atoms with van der Waals surface area (Å²) in [5, 5.41) is 0.848. The summed E-state index contributed by atoms with van der Waals surface area (Å²) in [6.07, 6.45) is 0. The second-order valence-electron chi connectivity index (χ2n) is 4.84. The maximum atomic E-state index is 6.61. The average molecular weight is 344 g/mol. The molecule has 0 aliphatic carbocycles. The molecule has 0 aromatic heterocycles. The highest BCUT2D eigenvalue weighted by atomic mass is 35.5. The van der Waals surface area contributed by atoms with Gasteiger partial charge < -0.3 is 4.74 Å². The number of halogens is 3. The zero-order valence-electron chi connectivity index (χ0n) is 11.9. The minimum Gasteiger partial charge on any atom is -0.492 e. The van der Waals surface area contributed by atoms with Crippen LogP contribution in [0.5, 0.6) is 5.75 Å². The van der Waals surface area contributed by atoms with Crippen LogP contribution in [0.2, 0.25) is 10.0 Å². The second-order valence-corrected chi connectivity index (χ2v) is 6.12. The van der Waals surface area contributed by atoms with Crippen molar-refractivity contribution in [1.82, 2.24) is 0 Å². The lowest BCUT2D eigenvalue weighted by Gasteiger charge is -2.21. The average Bonchev–Trinajstić information content (AvgIpc) is 2.50. The topological polar surface area (TPSA) is 9.23 Å². The van der Waals surface area contributed by atoms with E-state index in [0.29, 0.717) is 22.4 Å². The normalized spacial score (nSPS) is 13.8. The van der Waals surface area contributed by atoms with E-state index in [4.69, 9.17) is 39.5 Å². The number of hydrogen-bond donors (Lipinski definition) is 0. The third-order valence-electron chi connectivity index (χ3n) is 3.41. The van der Waals surface area contributed by atoms with Gasteiger partial charge in [0.25, 0.3) is 0 Å². The fourth-order valence-corrected chi connectivity index (χ4v) is 3.10. The first-order chi connectivity index (χ1) is 10.0. The van der Waals surface area contributed by atoms with E-state index in [1.54, 1.807) is 12.1 Å². The molecule has 0 bridgehead atoms. The quantitative estimate of drug-likeness (QED) is 0.565. The van der Waals surface area contributed by atoms with E-state index < -0.39 is 0 Å². The van der Waals surface area contributed by atoms with Gasteiger partial charge in [0.05, 0.1) is 17.0 Å². The van der Waals surface area contributed by atoms with E-state index in [1.165, 1.54) is 5.56 Å². The van der Waals surface area contributed by atoms with Crippen LogP contribution in [-0.2, 0) is 0 Å². The fourth-order valence-electron chi connectivity index (χ4n) is 2.22. The van der Waals surface area contributed by atoms with Crippen LogP contribution in [0.3, 0.4) is 0 Å². The minimum atomic E-state index is -0.256. The standard InChI is InChI=1S/C17H17Cl3O/c1-3-21-16-10-14(18)13(9-15(16)19)17(20)11(2)12-7-5-4-6-8-12/h4-11,17H,3H2,1-2H3. The van der Waals surface area contributed by atoms with E-state index in [1.807, 2.05) is 25.1 Å². The summed E-state index contributed by atoms with van der Waals surface area (Å²) < 4.78 is 5.44. The smallest absolute Gasteiger partial charge is 0.139 e. The lowest BCUT2D eigenvalue weighted by molar-refractivity contribution is 0.340. The molecule has 0 radical (unpaired) electrons. The zero-order valence-corrected chi connectivity index (χ0v) is 14.2. The molecule has 2 unspecified atom stereocenters. The van der Waals surface area contributed by atoms with Crippen molar-refractivity contribution >= 4 is 34.8 Å². The molecule has 2 rings (SSSR count). The van der Waals surface area contributed by atoms with Gasteiger partial charge >= 0.3 is 0 Å². The fraction of sp³-hybridized carbons (Fsp3) is 0.294. The van der Waals surface area contributed by atoms with Crippen molar-refractivity contribution in [3.05, 3.63) is 63.6 Å². The van der Waals surface area contributed by atoms with Gasteiger partial charge in [0.15, 0.2) is 0 Å². The zero-order chi connectivity index (χ0) is 15.4. The minimum absolute atomic E-state index is 0.124. The first-order valence-electron chi connectivity index (χ1n) is 6.85. The SMILES string of the molecule is CCOc1cc(Cl)c(C(Cl)C(C)c2ccccc2)cc1Cl. The summed E-state index contributed by atoms with van der Waals surface area (Å²) in [6, 6.07) is 13.6. The van der Waals surface area contributed by atoms with Crippen LogP contribution in [0.1, 0.15) is 36.3 Å². The summed E-state index contributed by atoms with van der Waals surface area (Å²) in [4.78, 5) is 0. The Bertz CT molecular complexity index is 598. The Balaban J connectivity index is 2.31. The van der Waals surface area contributed by atoms with Gasteiger partial charge in [-0.3, -0.25) is 0 Å². The third kappa shape index (κ3) is 3.85. The van der Waals surface area contributed by atoms with Crippen molar-refractivity contribution in [1.29, 1.82) is 0 Å². The predicted molar refractivity (Wildman–Crippen MR) is 91.1 cm³/mol. The summed E-state index contributed by atoms with van der Waals surface area (Å²) in [7, 11) is 0. The first-order valence-corrected chi connectivity index (χ1v) is 8.04. The van der Waals surface area contributed by atoms with E-state index in [0.717, 1.165) is 5.56 Å². The molecular weight excluding hydrogens is 327 g/mol. The Morgan fingerprint density at radius 3 is 2.33 bits per heavy atom. The van der Waals surface area contributed by atoms with E-state index >= 15 is 0 Å². The molecule has 21 heavy (non-hydrogen) atoms. The number of ether oxygens (including phenoxy) is 1. The Morgan fingerprint density at radius 1 is 1.05 bits per heavy atom. The Kier molecular flexibility index (Phi) is 5.80. The van der Waals surface area contributed by atoms with Crippen molar-refractivity contribution in [2.75, 3.05) is 6.61 Å². The van der Waals surface area contributed by atoms with Crippen molar-refractivity contribution in [3.63, 3.8) is 0 Å². The largest absolute Gasteiger partial charge is 0.492 e. The van der Waals surface area contributed by atoms with Gasteiger partial charge in [0, 0.05) is 17.0 Å². The number of hydrogen-bond acceptors (Lipinski definition) is 1. The Hall–Kier alpha value is -0.890. The summed E-state index contributed by atoms with van der Waals surface area (Å²) in [6.45, 7) is 4.52. The number of alkyl halides is 1. The first kappa shape index (κ1) is 16.5. The van der Waals surface area contributed by atoms with Gasteiger partial charge in [0.1, 0.15) is 5.75 Å². The summed E-state index contributed by atoms with van der Waals surface area (Å²) in [5.74, 6) is 0.712. The molecule has 0 saturated carbocycles. The van der Waals surface area contributed by atoms with Crippen molar-refractivity contribution in [2.45, 2.75) is 25.1 Å². The van der Waals surface area contributed by atoms with Crippen LogP contribution in [0.4, 0.5) is 0 Å². The highest BCUT2D eigenvalue weighted by molar-refractivity contribution is 6.35. The highest BCUT2D eigenvalue weighted by Gasteiger charge is 2.22. The maximum absolute atomic E-state index is 6.61. The second kappa shape index (κ2) is 7.40. The summed E-state index contributed by atoms with van der Waals surface area (Å²) >= 11 is 19.2. The Morgan fingerprint density at radius 2 is 1.71 bits per heavy atom. The molecule has 1 nitrogen and oxygen atoms in total. The van der Waals surface area contributed by atoms with Crippen LogP contribution in [0, 0.1) is 0 Å². The molecule has 4 heteroatoms. The molecule has 0 fully saturated rings. The summed E-state index contributed by atoms with van der Waals surface area (Å²) in [5.41, 5.74) is 1.99. The van der Waals surface area contributed by atoms with Crippen molar-refractivity contribution in [3.8, 4) is 5.75 Å². The van der Waals surface area contributed by atoms with Crippen LogP contribution in [-0.4, -0.2) is 6.61 Å². The van der Waals surface area contributed by atoms with Gasteiger partial charge in [-0.1, -0.05) is 60.5 Å². The van der Waals surface area contributed by atoms with Crippen LogP contribution < -0.4 is 4.74 Å². The molecule has 2 aromatic carbocycles. The lowest BCUT2D eigenvalue weighted by Crippen LogP contribution is -2.04. The molecule has 0 spiro atoms. The lowest BCUT2D eigenvalue weighted by atomic mass is 9.93. The van der Waals surface area contributed by atoms with Gasteiger partial charge in [-0.25, -0.2) is 0 Å². The van der Waals surface area contributed by atoms with Crippen LogP contribution in [0.25, 0.3) is 0 Å². The van der Waals surface area contributed by atoms with Crippen molar-refractivity contribution < 1.29 is 4.74 Å². The molecule has 2 atom stereocenters. The molecule has 112 valence electrons. The number of benzene rings is 2. The van der Waals surface area contributed by atoms with E-state index in [9.17, 15) is 0 Å². The molecule has 0 aliphatic rings. The van der Waals surface area contributed by atoms with Gasteiger partial charge in [-0.05, 0) is 24.1 Å². The highest BCUT2D eigenvalue weighted by Crippen LogP contribution is 2.42. The van der Waals surface area contributed by atoms with E-state index in [-0.39, 0.29) is 11.3 Å². The molecule has 0 amide bonds. The molecule has 2 aromatic rings. The molecule has 0 aliphatic heterocycles. The Labute approximate surface area is 140 Å². The van der Waals surface area contributed by atoms with Gasteiger partial charge in [-0.2, -0.15) is 0 Å². The maximum Gasteiger partial charge on any atom is 0.139 e. The van der Waals surface area contributed by atoms with E-state index in [2.05, 4.69) is 19.1 Å². The van der Waals surface area contributed by atoms with Gasteiger partial charge in [-0.15, -0.1) is 11.6 Å². The van der Waals surface area contributed by atoms with Crippen molar-refractivity contribution in [2.24, 2.45) is 0 Å². The van der Waals surface area contributed by atoms with Gasteiger partial charge in [0.2, 0.25) is 0 Å². The van der Waals surface area contributed by atoms with Crippen LogP contribution in [0.15, 0.2) is 42.5 Å². The molecule has 0 N–H and O–H groups in total. The molecule has 0 heterocycles. The predicted octanol–water partition coefficient (Wildman–Crippen LogP) is 6.48. The third-order valence-corrected chi connectivity index (χ3v) is 4.65. The monoisotopic (exact) mass is 342 g/mol. The molecule has 0 saturated heterocycles.